The number of rotatable bonds is 4. The molecule has 3 nitrogen and oxygen atoms in total. The van der Waals surface area contributed by atoms with Gasteiger partial charge in [-0.1, -0.05) is 0 Å². The Hall–Kier alpha value is -0.260. The van der Waals surface area contributed by atoms with E-state index in [-0.39, 0.29) is 18.1 Å². The fourth-order valence-corrected chi connectivity index (χ4v) is 6.28. The third-order valence-corrected chi connectivity index (χ3v) is 8.15. The van der Waals surface area contributed by atoms with Crippen LogP contribution in [0.1, 0.15) is 77.6 Å². The highest BCUT2D eigenvalue weighted by atomic mass is 19.2. The Morgan fingerprint density at radius 3 is 2.11 bits per heavy atom. The number of hydrogen-bond donors (Lipinski definition) is 1. The van der Waals surface area contributed by atoms with E-state index in [1.165, 1.54) is 25.7 Å². The van der Waals surface area contributed by atoms with Crippen LogP contribution in [0.5, 0.6) is 0 Å². The predicted molar refractivity (Wildman–Crippen MR) is 105 cm³/mol. The Morgan fingerprint density at radius 2 is 1.43 bits per heavy atom. The number of halogens is 2. The molecule has 0 aromatic heterocycles. The van der Waals surface area contributed by atoms with Gasteiger partial charge in [-0.2, -0.15) is 0 Å². The molecule has 1 aliphatic heterocycles. The zero-order valence-corrected chi connectivity index (χ0v) is 17.3. The number of fused-ring (bicyclic) bond motifs is 1. The maximum Gasteiger partial charge on any atom is 0.160 e. The lowest BCUT2D eigenvalue weighted by molar-refractivity contribution is -0.181. The first-order valence-electron chi connectivity index (χ1n) is 11.7. The van der Waals surface area contributed by atoms with Crippen molar-refractivity contribution in [2.24, 2.45) is 23.7 Å². The van der Waals surface area contributed by atoms with Gasteiger partial charge in [-0.15, -0.1) is 0 Å². The van der Waals surface area contributed by atoms with Crippen molar-refractivity contribution in [1.29, 1.82) is 0 Å². The summed E-state index contributed by atoms with van der Waals surface area (Å²) in [5.41, 5.74) is 0. The molecule has 4 aliphatic rings. The van der Waals surface area contributed by atoms with Crippen molar-refractivity contribution < 1.29 is 23.4 Å². The van der Waals surface area contributed by atoms with Gasteiger partial charge in [0.15, 0.2) is 12.3 Å². The van der Waals surface area contributed by atoms with Crippen LogP contribution in [-0.4, -0.2) is 48.5 Å². The summed E-state index contributed by atoms with van der Waals surface area (Å²) in [7, 11) is 0. The topological polar surface area (TPSA) is 38.7 Å². The Labute approximate surface area is 168 Å². The van der Waals surface area contributed by atoms with Crippen molar-refractivity contribution in [3.05, 3.63) is 0 Å². The molecule has 1 saturated heterocycles. The van der Waals surface area contributed by atoms with Crippen LogP contribution >= 0.6 is 0 Å². The highest BCUT2D eigenvalue weighted by Gasteiger charge is 2.49. The zero-order chi connectivity index (χ0) is 19.7. The average molecular weight is 401 g/mol. The van der Waals surface area contributed by atoms with Crippen LogP contribution in [0, 0.1) is 23.7 Å². The van der Waals surface area contributed by atoms with E-state index in [2.05, 4.69) is 0 Å². The molecule has 0 amide bonds. The number of aliphatic hydroxyl groups is 1. The molecule has 3 aliphatic carbocycles. The minimum atomic E-state index is -1.56. The molecule has 4 rings (SSSR count). The van der Waals surface area contributed by atoms with E-state index in [9.17, 15) is 13.9 Å². The van der Waals surface area contributed by atoms with Crippen molar-refractivity contribution in [2.75, 3.05) is 6.61 Å². The standard InChI is InChI=1S/C23H38F2O3/c1-14-2-5-18-12-20(21(24)22(25)23(18)28-14)27-13-15-3-6-16(7-4-15)17-8-10-19(26)11-9-17/h14-23,26H,2-13H2,1H3. The van der Waals surface area contributed by atoms with E-state index >= 15 is 0 Å². The Balaban J connectivity index is 1.21. The Morgan fingerprint density at radius 1 is 0.821 bits per heavy atom. The molecule has 4 fully saturated rings. The largest absolute Gasteiger partial charge is 0.393 e. The van der Waals surface area contributed by atoms with Gasteiger partial charge in [-0.3, -0.25) is 0 Å². The first kappa shape index (κ1) is 21.0. The summed E-state index contributed by atoms with van der Waals surface area (Å²) >= 11 is 0. The van der Waals surface area contributed by atoms with E-state index in [1.54, 1.807) is 0 Å². The van der Waals surface area contributed by atoms with Crippen LogP contribution in [-0.2, 0) is 9.47 Å². The monoisotopic (exact) mass is 400 g/mol. The maximum atomic E-state index is 14.6. The molecule has 1 heterocycles. The van der Waals surface area contributed by atoms with Gasteiger partial charge in [-0.25, -0.2) is 8.78 Å². The average Bonchev–Trinajstić information content (AvgIpc) is 2.71. The molecule has 5 heteroatoms. The minimum absolute atomic E-state index is 0.0341. The van der Waals surface area contributed by atoms with Crippen molar-refractivity contribution in [3.8, 4) is 0 Å². The summed E-state index contributed by atoms with van der Waals surface area (Å²) in [6.45, 7) is 2.52. The highest BCUT2D eigenvalue weighted by Crippen LogP contribution is 2.42. The van der Waals surface area contributed by atoms with Crippen molar-refractivity contribution >= 4 is 0 Å². The molecule has 28 heavy (non-hydrogen) atoms. The van der Waals surface area contributed by atoms with Crippen LogP contribution in [0.3, 0.4) is 0 Å². The summed E-state index contributed by atoms with van der Waals surface area (Å²) in [4.78, 5) is 0. The van der Waals surface area contributed by atoms with Crippen LogP contribution in [0.15, 0.2) is 0 Å². The van der Waals surface area contributed by atoms with Gasteiger partial charge < -0.3 is 14.6 Å². The fraction of sp³-hybridized carbons (Fsp3) is 1.00. The lowest BCUT2D eigenvalue weighted by atomic mass is 9.71. The molecule has 6 atom stereocenters. The second-order valence-corrected chi connectivity index (χ2v) is 10.1. The molecular weight excluding hydrogens is 362 g/mol. The molecule has 0 aromatic carbocycles. The van der Waals surface area contributed by atoms with Gasteiger partial charge >= 0.3 is 0 Å². The molecule has 162 valence electrons. The minimum Gasteiger partial charge on any atom is -0.393 e. The Kier molecular flexibility index (Phi) is 6.94. The number of ether oxygens (including phenoxy) is 2. The summed E-state index contributed by atoms with van der Waals surface area (Å²) in [5.74, 6) is 2.14. The SMILES string of the molecule is CC1CCC2CC(OCC3CCC(C4CCC(O)CC4)CC3)C(F)C(F)C2O1. The van der Waals surface area contributed by atoms with E-state index in [0.717, 1.165) is 50.4 Å². The van der Waals surface area contributed by atoms with Gasteiger partial charge in [0.25, 0.3) is 0 Å². The van der Waals surface area contributed by atoms with Crippen molar-refractivity contribution in [1.82, 2.24) is 0 Å². The molecule has 0 bridgehead atoms. The second-order valence-electron chi connectivity index (χ2n) is 10.1. The van der Waals surface area contributed by atoms with Crippen LogP contribution in [0.25, 0.3) is 0 Å². The maximum absolute atomic E-state index is 14.6. The summed E-state index contributed by atoms with van der Waals surface area (Å²) in [6, 6.07) is 0. The molecular formula is C23H38F2O3. The smallest absolute Gasteiger partial charge is 0.160 e. The molecule has 0 spiro atoms. The summed E-state index contributed by atoms with van der Waals surface area (Å²) < 4.78 is 40.9. The second kappa shape index (κ2) is 9.26. The number of hydrogen-bond acceptors (Lipinski definition) is 3. The summed E-state index contributed by atoms with van der Waals surface area (Å²) in [5, 5.41) is 9.70. The third kappa shape index (κ3) is 4.73. The predicted octanol–water partition coefficient (Wildman–Crippen LogP) is 4.99. The van der Waals surface area contributed by atoms with E-state index < -0.39 is 24.6 Å². The molecule has 0 radical (unpaired) electrons. The van der Waals surface area contributed by atoms with E-state index in [1.807, 2.05) is 6.92 Å². The molecule has 3 saturated carbocycles. The molecule has 6 unspecified atom stereocenters. The first-order valence-corrected chi connectivity index (χ1v) is 11.7. The lowest BCUT2D eigenvalue weighted by Crippen LogP contribution is -2.54. The van der Waals surface area contributed by atoms with Gasteiger partial charge in [0.05, 0.1) is 24.4 Å². The highest BCUT2D eigenvalue weighted by molar-refractivity contribution is 4.97. The first-order chi connectivity index (χ1) is 13.5. The quantitative estimate of drug-likeness (QED) is 0.722. The zero-order valence-electron chi connectivity index (χ0n) is 17.3. The normalized spacial score (nSPS) is 50.1. The van der Waals surface area contributed by atoms with Gasteiger partial charge in [0.2, 0.25) is 0 Å². The van der Waals surface area contributed by atoms with E-state index in [4.69, 9.17) is 9.47 Å². The lowest BCUT2D eigenvalue weighted by Gasteiger charge is -2.45. The van der Waals surface area contributed by atoms with Crippen LogP contribution in [0.4, 0.5) is 8.78 Å². The fourth-order valence-electron chi connectivity index (χ4n) is 6.28. The molecule has 1 N–H and O–H groups in total. The third-order valence-electron chi connectivity index (χ3n) is 8.15. The van der Waals surface area contributed by atoms with Crippen molar-refractivity contribution in [2.45, 2.75) is 114 Å². The van der Waals surface area contributed by atoms with Gasteiger partial charge in [0, 0.05) is 6.61 Å². The van der Waals surface area contributed by atoms with Gasteiger partial charge in [-0.05, 0) is 101 Å². The summed E-state index contributed by atoms with van der Waals surface area (Å²) in [6.07, 6.45) is 7.07. The van der Waals surface area contributed by atoms with Crippen LogP contribution < -0.4 is 0 Å². The van der Waals surface area contributed by atoms with E-state index in [0.29, 0.717) is 18.9 Å². The van der Waals surface area contributed by atoms with Crippen molar-refractivity contribution in [3.63, 3.8) is 0 Å². The number of alkyl halides is 2. The van der Waals surface area contributed by atoms with Crippen LogP contribution in [0.2, 0.25) is 0 Å². The molecule has 0 aromatic rings. The Bertz CT molecular complexity index is 486. The number of aliphatic hydroxyl groups excluding tert-OH is 1. The van der Waals surface area contributed by atoms with Gasteiger partial charge in [0.1, 0.15) is 0 Å².